The van der Waals surface area contributed by atoms with Crippen molar-refractivity contribution in [3.63, 3.8) is 0 Å². The van der Waals surface area contributed by atoms with Crippen molar-refractivity contribution in [2.75, 3.05) is 13.6 Å². The maximum absolute atomic E-state index is 11.9. The summed E-state index contributed by atoms with van der Waals surface area (Å²) in [7, 11) is 1.78. The molecule has 5 heteroatoms. The van der Waals surface area contributed by atoms with E-state index in [-0.39, 0.29) is 18.5 Å². The van der Waals surface area contributed by atoms with Crippen molar-refractivity contribution < 1.29 is 14.7 Å². The van der Waals surface area contributed by atoms with Gasteiger partial charge >= 0.3 is 12.0 Å². The topological polar surface area (TPSA) is 69.6 Å². The number of carbonyl (C=O) groups is 2. The Morgan fingerprint density at radius 1 is 1.39 bits per heavy atom. The maximum Gasteiger partial charge on any atom is 0.317 e. The number of carboxylic acid groups (broad SMARTS) is 1. The summed E-state index contributed by atoms with van der Waals surface area (Å²) in [6, 6.07) is -0.434. The Kier molecular flexibility index (Phi) is 5.95. The molecule has 18 heavy (non-hydrogen) atoms. The molecule has 2 N–H and O–H groups in total. The molecule has 1 fully saturated rings. The first kappa shape index (κ1) is 14.8. The number of carbonyl (C=O) groups excluding carboxylic acids is 1. The van der Waals surface area contributed by atoms with Crippen LogP contribution in [0.15, 0.2) is 0 Å². The zero-order chi connectivity index (χ0) is 13.5. The minimum absolute atomic E-state index is 0.0144. The molecule has 1 aliphatic rings. The lowest BCUT2D eigenvalue weighted by atomic mass is 10.1. The van der Waals surface area contributed by atoms with Gasteiger partial charge in [0, 0.05) is 19.6 Å². The third kappa shape index (κ3) is 4.94. The smallest absolute Gasteiger partial charge is 0.317 e. The van der Waals surface area contributed by atoms with E-state index in [0.717, 1.165) is 6.54 Å². The zero-order valence-electron chi connectivity index (χ0n) is 11.3. The van der Waals surface area contributed by atoms with Crippen molar-refractivity contribution in [1.82, 2.24) is 10.2 Å². The van der Waals surface area contributed by atoms with Crippen LogP contribution in [0.25, 0.3) is 0 Å². The van der Waals surface area contributed by atoms with E-state index in [4.69, 9.17) is 5.11 Å². The second kappa shape index (κ2) is 7.24. The van der Waals surface area contributed by atoms with Gasteiger partial charge in [0.15, 0.2) is 0 Å². The van der Waals surface area contributed by atoms with E-state index in [2.05, 4.69) is 5.32 Å². The normalized spacial score (nSPS) is 17.4. The molecule has 104 valence electrons. The highest BCUT2D eigenvalue weighted by Gasteiger charge is 2.21. The summed E-state index contributed by atoms with van der Waals surface area (Å²) in [5.41, 5.74) is 0. The van der Waals surface area contributed by atoms with E-state index >= 15 is 0 Å². The molecule has 5 nitrogen and oxygen atoms in total. The average Bonchev–Trinajstić information content (AvgIpc) is 2.80. The van der Waals surface area contributed by atoms with Gasteiger partial charge in [-0.15, -0.1) is 0 Å². The van der Waals surface area contributed by atoms with Gasteiger partial charge in [0.1, 0.15) is 0 Å². The molecule has 1 unspecified atom stereocenters. The summed E-state index contributed by atoms with van der Waals surface area (Å²) in [6.07, 6.45) is 5.54. The highest BCUT2D eigenvalue weighted by molar-refractivity contribution is 5.75. The maximum atomic E-state index is 11.9. The van der Waals surface area contributed by atoms with E-state index in [9.17, 15) is 9.59 Å². The van der Waals surface area contributed by atoms with Crippen molar-refractivity contribution in [2.24, 2.45) is 5.92 Å². The second-order valence-electron chi connectivity index (χ2n) is 5.18. The Morgan fingerprint density at radius 2 is 2.00 bits per heavy atom. The fraction of sp³-hybridized carbons (Fsp3) is 0.846. The van der Waals surface area contributed by atoms with Crippen LogP contribution in [0.4, 0.5) is 4.79 Å². The van der Waals surface area contributed by atoms with Gasteiger partial charge in [-0.1, -0.05) is 19.8 Å². The molecule has 0 spiro atoms. The van der Waals surface area contributed by atoms with Gasteiger partial charge in [0.2, 0.25) is 0 Å². The number of amides is 2. The van der Waals surface area contributed by atoms with Crippen LogP contribution in [0.1, 0.15) is 45.4 Å². The quantitative estimate of drug-likeness (QED) is 0.764. The van der Waals surface area contributed by atoms with Crippen molar-refractivity contribution in [3.8, 4) is 0 Å². The lowest BCUT2D eigenvalue weighted by molar-refractivity contribution is -0.137. The number of carboxylic acids is 1. The van der Waals surface area contributed by atoms with Gasteiger partial charge in [0.25, 0.3) is 0 Å². The van der Waals surface area contributed by atoms with E-state index in [0.29, 0.717) is 12.3 Å². The van der Waals surface area contributed by atoms with Crippen LogP contribution in [-0.4, -0.2) is 41.6 Å². The van der Waals surface area contributed by atoms with Crippen LogP contribution in [0.3, 0.4) is 0 Å². The fourth-order valence-corrected chi connectivity index (χ4v) is 2.46. The Bertz CT molecular complexity index is 288. The molecule has 1 aliphatic carbocycles. The summed E-state index contributed by atoms with van der Waals surface area (Å²) in [5, 5.41) is 11.5. The first-order chi connectivity index (χ1) is 8.52. The largest absolute Gasteiger partial charge is 0.481 e. The highest BCUT2D eigenvalue weighted by atomic mass is 16.4. The Balaban J connectivity index is 2.34. The van der Waals surface area contributed by atoms with Gasteiger partial charge in [0.05, 0.1) is 6.42 Å². The van der Waals surface area contributed by atoms with E-state index in [1.54, 1.807) is 11.9 Å². The van der Waals surface area contributed by atoms with Gasteiger partial charge in [-0.2, -0.15) is 0 Å². The van der Waals surface area contributed by atoms with Crippen molar-refractivity contribution in [2.45, 2.75) is 51.5 Å². The second-order valence-corrected chi connectivity index (χ2v) is 5.18. The Morgan fingerprint density at radius 3 is 2.50 bits per heavy atom. The number of urea groups is 1. The van der Waals surface area contributed by atoms with Gasteiger partial charge in [-0.3, -0.25) is 4.79 Å². The highest BCUT2D eigenvalue weighted by Crippen LogP contribution is 2.25. The number of rotatable bonds is 6. The molecule has 1 saturated carbocycles. The Labute approximate surface area is 109 Å². The molecule has 0 aromatic heterocycles. The average molecular weight is 256 g/mol. The van der Waals surface area contributed by atoms with Crippen LogP contribution in [0.2, 0.25) is 0 Å². The van der Waals surface area contributed by atoms with Gasteiger partial charge < -0.3 is 15.3 Å². The third-order valence-electron chi connectivity index (χ3n) is 3.59. The number of hydrogen-bond donors (Lipinski definition) is 2. The standard InChI is InChI=1S/C13H24N2O3/c1-3-11(8-12(16)17)14-13(18)15(2)9-10-6-4-5-7-10/h10-11H,3-9H2,1-2H3,(H,14,18)(H,16,17). The number of nitrogens with zero attached hydrogens (tertiary/aromatic N) is 1. The molecule has 1 atom stereocenters. The lowest BCUT2D eigenvalue weighted by Gasteiger charge is -2.24. The monoisotopic (exact) mass is 256 g/mol. The third-order valence-corrected chi connectivity index (χ3v) is 3.59. The first-order valence-electron chi connectivity index (χ1n) is 6.76. The van der Waals surface area contributed by atoms with Crippen LogP contribution >= 0.6 is 0 Å². The number of aliphatic carboxylic acids is 1. The minimum Gasteiger partial charge on any atom is -0.481 e. The van der Waals surface area contributed by atoms with Crippen molar-refractivity contribution in [1.29, 1.82) is 0 Å². The SMILES string of the molecule is CCC(CC(=O)O)NC(=O)N(C)CC1CCCC1. The van der Waals surface area contributed by atoms with E-state index in [1.165, 1.54) is 25.7 Å². The number of nitrogens with one attached hydrogen (secondary N) is 1. The summed E-state index contributed by atoms with van der Waals surface area (Å²) in [6.45, 7) is 2.65. The fourth-order valence-electron chi connectivity index (χ4n) is 2.46. The molecule has 0 saturated heterocycles. The predicted molar refractivity (Wildman–Crippen MR) is 69.5 cm³/mol. The predicted octanol–water partition coefficient (Wildman–Crippen LogP) is 2.07. The molecule has 0 aromatic rings. The number of hydrogen-bond acceptors (Lipinski definition) is 2. The van der Waals surface area contributed by atoms with Gasteiger partial charge in [-0.05, 0) is 25.2 Å². The van der Waals surface area contributed by atoms with Crippen LogP contribution in [0.5, 0.6) is 0 Å². The molecular weight excluding hydrogens is 232 g/mol. The van der Waals surface area contributed by atoms with E-state index in [1.807, 2.05) is 6.92 Å². The summed E-state index contributed by atoms with van der Waals surface area (Å²) < 4.78 is 0. The first-order valence-corrected chi connectivity index (χ1v) is 6.76. The summed E-state index contributed by atoms with van der Waals surface area (Å²) in [5.74, 6) is -0.263. The molecule has 0 bridgehead atoms. The zero-order valence-corrected chi connectivity index (χ0v) is 11.3. The lowest BCUT2D eigenvalue weighted by Crippen LogP contribution is -2.45. The van der Waals surface area contributed by atoms with E-state index < -0.39 is 5.97 Å². The molecule has 0 heterocycles. The summed E-state index contributed by atoms with van der Waals surface area (Å²) >= 11 is 0. The van der Waals surface area contributed by atoms with Crippen LogP contribution in [0, 0.1) is 5.92 Å². The minimum atomic E-state index is -0.874. The van der Waals surface area contributed by atoms with Crippen LogP contribution < -0.4 is 5.32 Å². The molecule has 0 aromatic carbocycles. The molecule has 0 aliphatic heterocycles. The Hall–Kier alpha value is -1.26. The molecule has 0 radical (unpaired) electrons. The molecule has 1 rings (SSSR count). The summed E-state index contributed by atoms with van der Waals surface area (Å²) in [4.78, 5) is 24.2. The molecular formula is C13H24N2O3. The van der Waals surface area contributed by atoms with Crippen molar-refractivity contribution >= 4 is 12.0 Å². The van der Waals surface area contributed by atoms with Crippen molar-refractivity contribution in [3.05, 3.63) is 0 Å². The van der Waals surface area contributed by atoms with Crippen LogP contribution in [-0.2, 0) is 4.79 Å². The molecule has 2 amide bonds. The van der Waals surface area contributed by atoms with Gasteiger partial charge in [-0.25, -0.2) is 4.79 Å².